The van der Waals surface area contributed by atoms with Gasteiger partial charge in [-0.05, 0) is 31.2 Å². The third kappa shape index (κ3) is 5.75. The smallest absolute Gasteiger partial charge is 0.410 e. The van der Waals surface area contributed by atoms with E-state index in [-0.39, 0.29) is 24.6 Å². The summed E-state index contributed by atoms with van der Waals surface area (Å²) in [5.74, 6) is 0.0843. The van der Waals surface area contributed by atoms with Crippen LogP contribution in [0.15, 0.2) is 30.3 Å². The van der Waals surface area contributed by atoms with Crippen molar-refractivity contribution in [2.45, 2.75) is 65.0 Å². The fourth-order valence-electron chi connectivity index (χ4n) is 3.29. The molecule has 2 rings (SSSR count). The van der Waals surface area contributed by atoms with E-state index < -0.39 is 0 Å². The Morgan fingerprint density at radius 1 is 1.12 bits per heavy atom. The molecule has 0 radical (unpaired) electrons. The molecule has 0 aliphatic carbocycles. The second-order valence-electron chi connectivity index (χ2n) is 6.92. The molecule has 0 spiro atoms. The van der Waals surface area contributed by atoms with Crippen molar-refractivity contribution in [3.8, 4) is 0 Å². The van der Waals surface area contributed by atoms with Crippen molar-refractivity contribution in [1.82, 2.24) is 9.80 Å². The van der Waals surface area contributed by atoms with Crippen LogP contribution in [-0.2, 0) is 16.1 Å². The summed E-state index contributed by atoms with van der Waals surface area (Å²) in [6.45, 7) is 6.65. The lowest BCUT2D eigenvalue weighted by molar-refractivity contribution is -0.135. The van der Waals surface area contributed by atoms with Crippen LogP contribution in [0.3, 0.4) is 0 Å². The van der Waals surface area contributed by atoms with E-state index in [9.17, 15) is 9.59 Å². The number of likely N-dealkylation sites (tertiary alicyclic amines) is 1. The van der Waals surface area contributed by atoms with Gasteiger partial charge in [0.1, 0.15) is 12.6 Å². The molecule has 1 aromatic carbocycles. The van der Waals surface area contributed by atoms with Crippen LogP contribution in [-0.4, -0.2) is 47.5 Å². The van der Waals surface area contributed by atoms with Crippen LogP contribution in [0, 0.1) is 0 Å². The van der Waals surface area contributed by atoms with Gasteiger partial charge in [0, 0.05) is 19.6 Å². The second-order valence-corrected chi connectivity index (χ2v) is 6.92. The SMILES string of the molecule is CCCCN(CCCC)C(=O)C1CCCN1C(=O)OCc1ccccc1. The molecular formula is C21H32N2O3. The number of unbranched alkanes of at least 4 members (excludes halogenated alkanes) is 2. The lowest BCUT2D eigenvalue weighted by Crippen LogP contribution is -2.48. The van der Waals surface area contributed by atoms with E-state index in [1.807, 2.05) is 35.2 Å². The summed E-state index contributed by atoms with van der Waals surface area (Å²) in [5.41, 5.74) is 0.954. The van der Waals surface area contributed by atoms with E-state index in [1.165, 1.54) is 0 Å². The maximum absolute atomic E-state index is 13.0. The number of amides is 2. The first-order valence-corrected chi connectivity index (χ1v) is 9.93. The monoisotopic (exact) mass is 360 g/mol. The maximum atomic E-state index is 13.0. The molecule has 1 unspecified atom stereocenters. The van der Waals surface area contributed by atoms with Crippen LogP contribution in [0.25, 0.3) is 0 Å². The predicted octanol–water partition coefficient (Wildman–Crippen LogP) is 4.22. The Morgan fingerprint density at radius 3 is 2.38 bits per heavy atom. The van der Waals surface area contributed by atoms with Gasteiger partial charge in [0.2, 0.25) is 5.91 Å². The Hall–Kier alpha value is -2.04. The van der Waals surface area contributed by atoms with E-state index in [2.05, 4.69) is 13.8 Å². The maximum Gasteiger partial charge on any atom is 0.410 e. The summed E-state index contributed by atoms with van der Waals surface area (Å²) >= 11 is 0. The van der Waals surface area contributed by atoms with Crippen molar-refractivity contribution in [2.24, 2.45) is 0 Å². The van der Waals surface area contributed by atoms with Gasteiger partial charge in [0.15, 0.2) is 0 Å². The molecule has 0 aromatic heterocycles. The van der Waals surface area contributed by atoms with Gasteiger partial charge in [-0.25, -0.2) is 4.79 Å². The highest BCUT2D eigenvalue weighted by molar-refractivity contribution is 5.86. The molecular weight excluding hydrogens is 328 g/mol. The Kier molecular flexibility index (Phi) is 8.45. The van der Waals surface area contributed by atoms with Gasteiger partial charge in [-0.1, -0.05) is 57.0 Å². The zero-order valence-corrected chi connectivity index (χ0v) is 16.2. The van der Waals surface area contributed by atoms with Crippen molar-refractivity contribution in [2.75, 3.05) is 19.6 Å². The van der Waals surface area contributed by atoms with Gasteiger partial charge in [-0.15, -0.1) is 0 Å². The number of benzene rings is 1. The summed E-state index contributed by atoms with van der Waals surface area (Å²) in [5, 5.41) is 0. The average Bonchev–Trinajstić information content (AvgIpc) is 3.16. The van der Waals surface area contributed by atoms with Crippen molar-refractivity contribution in [1.29, 1.82) is 0 Å². The summed E-state index contributed by atoms with van der Waals surface area (Å²) in [4.78, 5) is 29.1. The normalized spacial score (nSPS) is 16.5. The van der Waals surface area contributed by atoms with Crippen LogP contribution >= 0.6 is 0 Å². The van der Waals surface area contributed by atoms with E-state index >= 15 is 0 Å². The van der Waals surface area contributed by atoms with Crippen LogP contribution in [0.5, 0.6) is 0 Å². The molecule has 2 amide bonds. The minimum atomic E-state index is -0.379. The van der Waals surface area contributed by atoms with Crippen molar-refractivity contribution >= 4 is 12.0 Å². The molecule has 5 heteroatoms. The van der Waals surface area contributed by atoms with Gasteiger partial charge < -0.3 is 9.64 Å². The molecule has 0 bridgehead atoms. The lowest BCUT2D eigenvalue weighted by atomic mass is 10.1. The highest BCUT2D eigenvalue weighted by Gasteiger charge is 2.37. The molecule has 1 aromatic rings. The Labute approximate surface area is 157 Å². The first-order chi connectivity index (χ1) is 12.7. The van der Waals surface area contributed by atoms with Crippen LogP contribution < -0.4 is 0 Å². The molecule has 0 N–H and O–H groups in total. The quantitative estimate of drug-likeness (QED) is 0.662. The standard InChI is InChI=1S/C21H32N2O3/c1-3-5-14-22(15-6-4-2)20(24)19-13-10-16-23(19)21(25)26-17-18-11-8-7-9-12-18/h7-9,11-12,19H,3-6,10,13-17H2,1-2H3. The molecule has 0 saturated carbocycles. The van der Waals surface area contributed by atoms with E-state index in [1.54, 1.807) is 4.90 Å². The summed E-state index contributed by atoms with van der Waals surface area (Å²) < 4.78 is 5.45. The Morgan fingerprint density at radius 2 is 1.77 bits per heavy atom. The number of carbonyl (C=O) groups excluding carboxylic acids is 2. The zero-order valence-electron chi connectivity index (χ0n) is 16.2. The van der Waals surface area contributed by atoms with Gasteiger partial charge >= 0.3 is 6.09 Å². The first kappa shape index (κ1) is 20.3. The number of nitrogens with zero attached hydrogens (tertiary/aromatic N) is 2. The van der Waals surface area contributed by atoms with Gasteiger partial charge in [-0.2, -0.15) is 0 Å². The molecule has 144 valence electrons. The molecule has 1 fully saturated rings. The van der Waals surface area contributed by atoms with Crippen LogP contribution in [0.2, 0.25) is 0 Å². The third-order valence-electron chi connectivity index (χ3n) is 4.85. The number of hydrogen-bond acceptors (Lipinski definition) is 3. The van der Waals surface area contributed by atoms with E-state index in [0.717, 1.165) is 57.2 Å². The van der Waals surface area contributed by atoms with Crippen LogP contribution in [0.1, 0.15) is 57.9 Å². The van der Waals surface area contributed by atoms with Gasteiger partial charge in [-0.3, -0.25) is 9.69 Å². The molecule has 1 atom stereocenters. The highest BCUT2D eigenvalue weighted by Crippen LogP contribution is 2.21. The minimum Gasteiger partial charge on any atom is -0.445 e. The molecule has 1 heterocycles. The van der Waals surface area contributed by atoms with Crippen molar-refractivity contribution in [3.63, 3.8) is 0 Å². The van der Waals surface area contributed by atoms with Crippen molar-refractivity contribution in [3.05, 3.63) is 35.9 Å². The largest absolute Gasteiger partial charge is 0.445 e. The first-order valence-electron chi connectivity index (χ1n) is 9.93. The summed E-state index contributed by atoms with van der Waals surface area (Å²) in [6, 6.07) is 9.26. The minimum absolute atomic E-state index is 0.0843. The lowest BCUT2D eigenvalue weighted by Gasteiger charge is -2.30. The molecule has 1 aliphatic heterocycles. The molecule has 26 heavy (non-hydrogen) atoms. The van der Waals surface area contributed by atoms with Gasteiger partial charge in [0.05, 0.1) is 0 Å². The second kappa shape index (κ2) is 10.8. The molecule has 1 saturated heterocycles. The topological polar surface area (TPSA) is 49.9 Å². The predicted molar refractivity (Wildman–Crippen MR) is 103 cm³/mol. The summed E-state index contributed by atoms with van der Waals surface area (Å²) in [7, 11) is 0. The summed E-state index contributed by atoms with van der Waals surface area (Å²) in [6.07, 6.45) is 5.32. The van der Waals surface area contributed by atoms with E-state index in [4.69, 9.17) is 4.74 Å². The number of rotatable bonds is 9. The zero-order chi connectivity index (χ0) is 18.8. The number of ether oxygens (including phenoxy) is 1. The fraction of sp³-hybridized carbons (Fsp3) is 0.619. The van der Waals surface area contributed by atoms with E-state index in [0.29, 0.717) is 6.54 Å². The molecule has 5 nitrogen and oxygen atoms in total. The number of carbonyl (C=O) groups is 2. The fourth-order valence-corrected chi connectivity index (χ4v) is 3.29. The third-order valence-corrected chi connectivity index (χ3v) is 4.85. The Bertz CT molecular complexity index is 554. The van der Waals surface area contributed by atoms with Crippen LogP contribution in [0.4, 0.5) is 4.79 Å². The van der Waals surface area contributed by atoms with Crippen molar-refractivity contribution < 1.29 is 14.3 Å². The Balaban J connectivity index is 1.95. The molecule has 1 aliphatic rings. The van der Waals surface area contributed by atoms with Gasteiger partial charge in [0.25, 0.3) is 0 Å². The average molecular weight is 360 g/mol. The number of hydrogen-bond donors (Lipinski definition) is 0. The highest BCUT2D eigenvalue weighted by atomic mass is 16.6.